The second-order valence-electron chi connectivity index (χ2n) is 3.19. The molecule has 2 heteroatoms. The fourth-order valence-electron chi connectivity index (χ4n) is 1.51. The molecule has 0 aliphatic carbocycles. The topological polar surface area (TPSA) is 20.2 Å². The summed E-state index contributed by atoms with van der Waals surface area (Å²) in [7, 11) is 0. The van der Waals surface area contributed by atoms with Gasteiger partial charge in [-0.05, 0) is 35.3 Å². The molecule has 0 radical (unpaired) electrons. The summed E-state index contributed by atoms with van der Waals surface area (Å²) < 4.78 is 0. The SMILES string of the molecule is Oc1ccc(C2C=CSCC2)cc1. The lowest BCUT2D eigenvalue weighted by Crippen LogP contribution is -1.99. The first-order valence-corrected chi connectivity index (χ1v) is 5.48. The summed E-state index contributed by atoms with van der Waals surface area (Å²) >= 11 is 1.87. The van der Waals surface area contributed by atoms with Crippen LogP contribution < -0.4 is 0 Å². The lowest BCUT2D eigenvalue weighted by molar-refractivity contribution is 0.475. The smallest absolute Gasteiger partial charge is 0.115 e. The van der Waals surface area contributed by atoms with Crippen LogP contribution >= 0.6 is 11.8 Å². The van der Waals surface area contributed by atoms with Crippen LogP contribution in [0.3, 0.4) is 0 Å². The van der Waals surface area contributed by atoms with Gasteiger partial charge in [-0.3, -0.25) is 0 Å². The van der Waals surface area contributed by atoms with Crippen molar-refractivity contribution in [3.8, 4) is 5.75 Å². The number of hydrogen-bond acceptors (Lipinski definition) is 2. The Morgan fingerprint density at radius 1 is 1.23 bits per heavy atom. The van der Waals surface area contributed by atoms with E-state index in [-0.39, 0.29) is 0 Å². The van der Waals surface area contributed by atoms with E-state index < -0.39 is 0 Å². The van der Waals surface area contributed by atoms with Crippen molar-refractivity contribution < 1.29 is 5.11 Å². The van der Waals surface area contributed by atoms with Crippen molar-refractivity contribution in [1.29, 1.82) is 0 Å². The molecule has 0 saturated heterocycles. The number of phenols is 1. The molecule has 0 amide bonds. The van der Waals surface area contributed by atoms with Gasteiger partial charge >= 0.3 is 0 Å². The van der Waals surface area contributed by atoms with Crippen molar-refractivity contribution in [2.24, 2.45) is 0 Å². The zero-order chi connectivity index (χ0) is 9.10. The summed E-state index contributed by atoms with van der Waals surface area (Å²) in [6.07, 6.45) is 3.44. The first kappa shape index (κ1) is 8.70. The van der Waals surface area contributed by atoms with E-state index in [0.29, 0.717) is 11.7 Å². The maximum atomic E-state index is 9.13. The molecule has 1 aromatic carbocycles. The molecule has 1 aliphatic rings. The molecule has 2 rings (SSSR count). The van der Waals surface area contributed by atoms with Crippen LogP contribution in [-0.4, -0.2) is 10.9 Å². The van der Waals surface area contributed by atoms with Gasteiger partial charge in [-0.2, -0.15) is 0 Å². The Hall–Kier alpha value is -0.890. The van der Waals surface area contributed by atoms with Crippen LogP contribution in [0.1, 0.15) is 17.9 Å². The van der Waals surface area contributed by atoms with Gasteiger partial charge in [0.25, 0.3) is 0 Å². The van der Waals surface area contributed by atoms with Gasteiger partial charge in [-0.1, -0.05) is 18.2 Å². The van der Waals surface area contributed by atoms with Gasteiger partial charge in [0.05, 0.1) is 0 Å². The fraction of sp³-hybridized carbons (Fsp3) is 0.273. The quantitative estimate of drug-likeness (QED) is 0.737. The molecule has 1 aromatic rings. The highest BCUT2D eigenvalue weighted by Gasteiger charge is 2.10. The zero-order valence-electron chi connectivity index (χ0n) is 7.31. The molecule has 0 saturated carbocycles. The molecule has 0 spiro atoms. The molecule has 13 heavy (non-hydrogen) atoms. The van der Waals surface area contributed by atoms with Gasteiger partial charge in [-0.15, -0.1) is 11.8 Å². The number of benzene rings is 1. The van der Waals surface area contributed by atoms with Gasteiger partial charge in [0.2, 0.25) is 0 Å². The third-order valence-electron chi connectivity index (χ3n) is 2.28. The van der Waals surface area contributed by atoms with Crippen LogP contribution in [0.25, 0.3) is 0 Å². The first-order chi connectivity index (χ1) is 6.36. The molecule has 1 atom stereocenters. The van der Waals surface area contributed by atoms with Crippen molar-refractivity contribution in [3.05, 3.63) is 41.3 Å². The third kappa shape index (κ3) is 2.07. The van der Waals surface area contributed by atoms with Crippen LogP contribution in [0.2, 0.25) is 0 Å². The Kier molecular flexibility index (Phi) is 2.60. The normalized spacial score (nSPS) is 21.7. The summed E-state index contributed by atoms with van der Waals surface area (Å²) in [4.78, 5) is 0. The standard InChI is InChI=1S/C11H12OS/c12-11-3-1-9(2-4-11)10-5-7-13-8-6-10/h1-5,7,10,12H,6,8H2. The predicted molar refractivity (Wildman–Crippen MR) is 57.1 cm³/mol. The summed E-state index contributed by atoms with van der Waals surface area (Å²) in [6.45, 7) is 0. The molecule has 1 heterocycles. The Balaban J connectivity index is 2.19. The van der Waals surface area contributed by atoms with E-state index in [2.05, 4.69) is 11.5 Å². The van der Waals surface area contributed by atoms with Gasteiger partial charge in [0.15, 0.2) is 0 Å². The van der Waals surface area contributed by atoms with E-state index in [9.17, 15) is 0 Å². The van der Waals surface area contributed by atoms with Gasteiger partial charge in [0.1, 0.15) is 5.75 Å². The van der Waals surface area contributed by atoms with Gasteiger partial charge in [0, 0.05) is 5.92 Å². The minimum absolute atomic E-state index is 0.345. The average Bonchev–Trinajstić information content (AvgIpc) is 2.20. The second-order valence-corrected chi connectivity index (χ2v) is 4.20. The van der Waals surface area contributed by atoms with Crippen molar-refractivity contribution in [2.45, 2.75) is 12.3 Å². The molecule has 1 aliphatic heterocycles. The van der Waals surface area contributed by atoms with E-state index in [1.165, 1.54) is 17.7 Å². The number of rotatable bonds is 1. The molecule has 1 N–H and O–H groups in total. The highest BCUT2D eigenvalue weighted by Crippen LogP contribution is 2.29. The Morgan fingerprint density at radius 3 is 2.62 bits per heavy atom. The highest BCUT2D eigenvalue weighted by molar-refractivity contribution is 8.02. The molecule has 0 fully saturated rings. The average molecular weight is 192 g/mol. The lowest BCUT2D eigenvalue weighted by Gasteiger charge is -2.15. The summed E-state index contributed by atoms with van der Waals surface area (Å²) in [5.74, 6) is 2.09. The number of allylic oxidation sites excluding steroid dienone is 1. The largest absolute Gasteiger partial charge is 0.508 e. The number of thioether (sulfide) groups is 1. The fourth-order valence-corrected chi connectivity index (χ4v) is 2.34. The maximum Gasteiger partial charge on any atom is 0.115 e. The lowest BCUT2D eigenvalue weighted by atomic mass is 9.96. The molecule has 1 unspecified atom stereocenters. The molecule has 0 bridgehead atoms. The van der Waals surface area contributed by atoms with Crippen LogP contribution in [0.5, 0.6) is 5.75 Å². The second kappa shape index (κ2) is 3.88. The highest BCUT2D eigenvalue weighted by atomic mass is 32.2. The van der Waals surface area contributed by atoms with Crippen molar-refractivity contribution in [1.82, 2.24) is 0 Å². The summed E-state index contributed by atoms with van der Waals surface area (Å²) in [6, 6.07) is 7.51. The van der Waals surface area contributed by atoms with Gasteiger partial charge < -0.3 is 5.11 Å². The molecule has 68 valence electrons. The van der Waals surface area contributed by atoms with Crippen molar-refractivity contribution in [2.75, 3.05) is 5.75 Å². The van der Waals surface area contributed by atoms with E-state index in [0.717, 1.165) is 0 Å². The maximum absolute atomic E-state index is 9.13. The third-order valence-corrected chi connectivity index (χ3v) is 3.10. The minimum atomic E-state index is 0.345. The van der Waals surface area contributed by atoms with Crippen molar-refractivity contribution in [3.63, 3.8) is 0 Å². The predicted octanol–water partition coefficient (Wildman–Crippen LogP) is 3.13. The number of hydrogen-bond donors (Lipinski definition) is 1. The van der Waals surface area contributed by atoms with E-state index in [4.69, 9.17) is 5.11 Å². The van der Waals surface area contributed by atoms with Crippen LogP contribution in [0.4, 0.5) is 0 Å². The summed E-state index contributed by atoms with van der Waals surface area (Å²) in [5.41, 5.74) is 1.30. The molecular formula is C11H12OS. The number of phenolic OH excluding ortho intramolecular Hbond substituents is 1. The Labute approximate surface area is 82.5 Å². The minimum Gasteiger partial charge on any atom is -0.508 e. The van der Waals surface area contributed by atoms with Crippen LogP contribution in [0.15, 0.2) is 35.7 Å². The van der Waals surface area contributed by atoms with E-state index >= 15 is 0 Å². The van der Waals surface area contributed by atoms with E-state index in [1.807, 2.05) is 23.9 Å². The molecule has 1 nitrogen and oxygen atoms in total. The van der Waals surface area contributed by atoms with Crippen LogP contribution in [-0.2, 0) is 0 Å². The van der Waals surface area contributed by atoms with Gasteiger partial charge in [-0.25, -0.2) is 0 Å². The molecular weight excluding hydrogens is 180 g/mol. The van der Waals surface area contributed by atoms with Crippen molar-refractivity contribution >= 4 is 11.8 Å². The van der Waals surface area contributed by atoms with E-state index in [1.54, 1.807) is 12.1 Å². The first-order valence-electron chi connectivity index (χ1n) is 4.43. The zero-order valence-corrected chi connectivity index (χ0v) is 8.13. The summed E-state index contributed by atoms with van der Waals surface area (Å²) in [5, 5.41) is 11.3. The molecule has 0 aromatic heterocycles. The Morgan fingerprint density at radius 2 is 2.00 bits per heavy atom. The monoisotopic (exact) mass is 192 g/mol. The number of aromatic hydroxyl groups is 1. The van der Waals surface area contributed by atoms with Crippen LogP contribution in [0, 0.1) is 0 Å². The Bertz CT molecular complexity index is 302.